The molecular weight excluding hydrogens is 299 g/mol. The van der Waals surface area contributed by atoms with Crippen LogP contribution >= 0.6 is 23.2 Å². The number of benzene rings is 1. The number of rotatable bonds is 2. The summed E-state index contributed by atoms with van der Waals surface area (Å²) in [5.41, 5.74) is 5.90. The second-order valence-electron chi connectivity index (χ2n) is 5.51. The number of ether oxygens (including phenoxy) is 1. The van der Waals surface area contributed by atoms with E-state index in [1.165, 1.54) is 0 Å². The second kappa shape index (κ2) is 5.90. The molecule has 110 valence electrons. The van der Waals surface area contributed by atoms with Gasteiger partial charge in [-0.05, 0) is 31.5 Å². The zero-order valence-corrected chi connectivity index (χ0v) is 13.0. The van der Waals surface area contributed by atoms with Crippen LogP contribution in [0.15, 0.2) is 18.2 Å². The predicted molar refractivity (Wildman–Crippen MR) is 80.0 cm³/mol. The van der Waals surface area contributed by atoms with Gasteiger partial charge in [-0.3, -0.25) is 4.79 Å². The summed E-state index contributed by atoms with van der Waals surface area (Å²) in [6, 6.07) is 5.37. The molecule has 1 aliphatic heterocycles. The van der Waals surface area contributed by atoms with Crippen molar-refractivity contribution in [1.29, 1.82) is 0 Å². The van der Waals surface area contributed by atoms with E-state index < -0.39 is 5.54 Å². The van der Waals surface area contributed by atoms with Gasteiger partial charge in [-0.1, -0.05) is 29.3 Å². The molecule has 1 saturated heterocycles. The van der Waals surface area contributed by atoms with Gasteiger partial charge in [-0.15, -0.1) is 0 Å². The van der Waals surface area contributed by atoms with Gasteiger partial charge in [0.05, 0.1) is 28.7 Å². The van der Waals surface area contributed by atoms with E-state index in [1.807, 2.05) is 6.07 Å². The third-order valence-corrected chi connectivity index (χ3v) is 3.96. The lowest BCUT2D eigenvalue weighted by Gasteiger charge is -2.36. The highest BCUT2D eigenvalue weighted by Gasteiger charge is 2.32. The SMILES string of the molecule is CC(C)(N)C(=O)N1CCOC(c2ccc(Cl)c(Cl)c2)C1. The van der Waals surface area contributed by atoms with Crippen LogP contribution in [-0.4, -0.2) is 36.0 Å². The Kier molecular flexibility index (Phi) is 4.59. The lowest BCUT2D eigenvalue weighted by Crippen LogP contribution is -2.54. The summed E-state index contributed by atoms with van der Waals surface area (Å²) >= 11 is 11.9. The number of carbonyl (C=O) groups excluding carboxylic acids is 1. The first kappa shape index (κ1) is 15.6. The van der Waals surface area contributed by atoms with Gasteiger partial charge in [0, 0.05) is 6.54 Å². The van der Waals surface area contributed by atoms with Gasteiger partial charge in [0.25, 0.3) is 0 Å². The molecule has 20 heavy (non-hydrogen) atoms. The van der Waals surface area contributed by atoms with E-state index in [2.05, 4.69) is 0 Å². The van der Waals surface area contributed by atoms with Gasteiger partial charge < -0.3 is 15.4 Å². The van der Waals surface area contributed by atoms with Crippen LogP contribution in [0.3, 0.4) is 0 Å². The van der Waals surface area contributed by atoms with Crippen molar-refractivity contribution in [3.8, 4) is 0 Å². The highest BCUT2D eigenvalue weighted by molar-refractivity contribution is 6.42. The van der Waals surface area contributed by atoms with E-state index in [0.717, 1.165) is 5.56 Å². The average Bonchev–Trinajstić information content (AvgIpc) is 2.40. The summed E-state index contributed by atoms with van der Waals surface area (Å²) < 4.78 is 5.72. The van der Waals surface area contributed by atoms with Gasteiger partial charge >= 0.3 is 0 Å². The minimum Gasteiger partial charge on any atom is -0.370 e. The topological polar surface area (TPSA) is 55.6 Å². The molecule has 1 heterocycles. The van der Waals surface area contributed by atoms with Crippen molar-refractivity contribution in [2.45, 2.75) is 25.5 Å². The van der Waals surface area contributed by atoms with Gasteiger partial charge in [0.15, 0.2) is 0 Å². The van der Waals surface area contributed by atoms with E-state index in [9.17, 15) is 4.79 Å². The second-order valence-corrected chi connectivity index (χ2v) is 6.32. The first-order valence-electron chi connectivity index (χ1n) is 6.44. The van der Waals surface area contributed by atoms with E-state index >= 15 is 0 Å². The minimum absolute atomic E-state index is 0.0779. The fraction of sp³-hybridized carbons (Fsp3) is 0.500. The molecule has 1 atom stereocenters. The summed E-state index contributed by atoms with van der Waals surface area (Å²) in [6.45, 7) is 4.92. The molecule has 0 aliphatic carbocycles. The maximum atomic E-state index is 12.2. The molecular formula is C14H18Cl2N2O2. The zero-order chi connectivity index (χ0) is 14.9. The van der Waals surface area contributed by atoms with Crippen LogP contribution in [0, 0.1) is 0 Å². The van der Waals surface area contributed by atoms with Crippen molar-refractivity contribution in [1.82, 2.24) is 4.90 Å². The third-order valence-electron chi connectivity index (χ3n) is 3.22. The molecule has 2 N–H and O–H groups in total. The average molecular weight is 317 g/mol. The van der Waals surface area contributed by atoms with Crippen LogP contribution in [0.25, 0.3) is 0 Å². The largest absolute Gasteiger partial charge is 0.370 e. The molecule has 1 fully saturated rings. The summed E-state index contributed by atoms with van der Waals surface area (Å²) in [6.07, 6.45) is -0.204. The molecule has 0 radical (unpaired) electrons. The molecule has 1 aliphatic rings. The molecule has 4 nitrogen and oxygen atoms in total. The molecule has 1 unspecified atom stereocenters. The van der Waals surface area contributed by atoms with E-state index in [-0.39, 0.29) is 12.0 Å². The number of nitrogens with zero attached hydrogens (tertiary/aromatic N) is 1. The van der Waals surface area contributed by atoms with Crippen molar-refractivity contribution in [2.75, 3.05) is 19.7 Å². The summed E-state index contributed by atoms with van der Waals surface area (Å²) in [4.78, 5) is 13.9. The lowest BCUT2D eigenvalue weighted by molar-refractivity contribution is -0.143. The van der Waals surface area contributed by atoms with Gasteiger partial charge in [-0.25, -0.2) is 0 Å². The van der Waals surface area contributed by atoms with Crippen LogP contribution in [0.4, 0.5) is 0 Å². The van der Waals surface area contributed by atoms with E-state index in [4.69, 9.17) is 33.7 Å². The van der Waals surface area contributed by atoms with Crippen molar-refractivity contribution in [3.63, 3.8) is 0 Å². The van der Waals surface area contributed by atoms with Crippen molar-refractivity contribution >= 4 is 29.1 Å². The molecule has 1 amide bonds. The first-order valence-corrected chi connectivity index (χ1v) is 7.19. The number of nitrogens with two attached hydrogens (primary N) is 1. The molecule has 2 rings (SSSR count). The van der Waals surface area contributed by atoms with Crippen molar-refractivity contribution in [2.24, 2.45) is 5.73 Å². The first-order chi connectivity index (χ1) is 9.29. The van der Waals surface area contributed by atoms with Gasteiger partial charge in [0.2, 0.25) is 5.91 Å². The Labute approximate surface area is 128 Å². The maximum Gasteiger partial charge on any atom is 0.242 e. The fourth-order valence-electron chi connectivity index (χ4n) is 2.16. The Balaban J connectivity index is 2.14. The normalized spacial score (nSPS) is 20.1. The monoisotopic (exact) mass is 316 g/mol. The zero-order valence-electron chi connectivity index (χ0n) is 11.5. The van der Waals surface area contributed by atoms with Crippen LogP contribution in [-0.2, 0) is 9.53 Å². The fourth-order valence-corrected chi connectivity index (χ4v) is 2.46. The highest BCUT2D eigenvalue weighted by Crippen LogP contribution is 2.29. The number of carbonyl (C=O) groups is 1. The van der Waals surface area contributed by atoms with Crippen molar-refractivity contribution in [3.05, 3.63) is 33.8 Å². The van der Waals surface area contributed by atoms with Crippen LogP contribution in [0.5, 0.6) is 0 Å². The van der Waals surface area contributed by atoms with Crippen LogP contribution in [0.1, 0.15) is 25.5 Å². The number of hydrogen-bond donors (Lipinski definition) is 1. The summed E-state index contributed by atoms with van der Waals surface area (Å²) in [5, 5.41) is 0.984. The van der Waals surface area contributed by atoms with Gasteiger partial charge in [0.1, 0.15) is 6.10 Å². The van der Waals surface area contributed by atoms with Gasteiger partial charge in [-0.2, -0.15) is 0 Å². The number of amides is 1. The molecule has 0 bridgehead atoms. The summed E-state index contributed by atoms with van der Waals surface area (Å²) in [7, 11) is 0. The Hall–Kier alpha value is -0.810. The quantitative estimate of drug-likeness (QED) is 0.912. The smallest absolute Gasteiger partial charge is 0.242 e. The van der Waals surface area contributed by atoms with E-state index in [1.54, 1.807) is 30.9 Å². The number of hydrogen-bond acceptors (Lipinski definition) is 3. The lowest BCUT2D eigenvalue weighted by atomic mass is 10.0. The Morgan fingerprint density at radius 2 is 2.10 bits per heavy atom. The molecule has 6 heteroatoms. The summed E-state index contributed by atoms with van der Waals surface area (Å²) in [5.74, 6) is -0.0779. The van der Waals surface area contributed by atoms with E-state index in [0.29, 0.717) is 29.7 Å². The number of morpholine rings is 1. The van der Waals surface area contributed by atoms with Crippen LogP contribution in [0.2, 0.25) is 10.0 Å². The minimum atomic E-state index is -0.875. The Morgan fingerprint density at radius 1 is 1.40 bits per heavy atom. The maximum absolute atomic E-state index is 12.2. The Bertz CT molecular complexity index is 514. The Morgan fingerprint density at radius 3 is 2.70 bits per heavy atom. The standard InChI is InChI=1S/C14H18Cl2N2O2/c1-14(2,17)13(19)18-5-6-20-12(8-18)9-3-4-10(15)11(16)7-9/h3-4,7,12H,5-6,8,17H2,1-2H3. The molecule has 0 spiro atoms. The van der Waals surface area contributed by atoms with Crippen LogP contribution < -0.4 is 5.73 Å². The molecule has 1 aromatic carbocycles. The molecule has 1 aromatic rings. The third kappa shape index (κ3) is 3.44. The highest BCUT2D eigenvalue weighted by atomic mass is 35.5. The number of halogens is 2. The predicted octanol–water partition coefficient (Wildman–Crippen LogP) is 2.63. The molecule has 0 saturated carbocycles. The van der Waals surface area contributed by atoms with Crippen molar-refractivity contribution < 1.29 is 9.53 Å². The molecule has 0 aromatic heterocycles.